The molecule has 0 unspecified atom stereocenters. The Bertz CT molecular complexity index is 1020. The number of nitrogens with zero attached hydrogens (tertiary/aromatic N) is 4. The fourth-order valence-electron chi connectivity index (χ4n) is 3.49. The Balaban J connectivity index is 1.28. The van der Waals surface area contributed by atoms with E-state index in [0.717, 1.165) is 22.8 Å². The van der Waals surface area contributed by atoms with Crippen molar-refractivity contribution in [3.05, 3.63) is 65.7 Å². The maximum Gasteiger partial charge on any atom is 0.260 e. The van der Waals surface area contributed by atoms with Gasteiger partial charge in [-0.3, -0.25) is 4.79 Å². The highest BCUT2D eigenvalue weighted by molar-refractivity contribution is 6.30. The Morgan fingerprint density at radius 2 is 1.53 bits per heavy atom. The molecule has 2 heterocycles. The predicted octanol–water partition coefficient (Wildman–Crippen LogP) is 3.92. The van der Waals surface area contributed by atoms with E-state index in [2.05, 4.69) is 15.1 Å². The van der Waals surface area contributed by atoms with Crippen molar-refractivity contribution in [2.45, 2.75) is 6.92 Å². The summed E-state index contributed by atoms with van der Waals surface area (Å²) in [4.78, 5) is 16.4. The summed E-state index contributed by atoms with van der Waals surface area (Å²) in [6.07, 6.45) is 0. The van der Waals surface area contributed by atoms with Crippen molar-refractivity contribution in [3.63, 3.8) is 0 Å². The molecule has 0 atom stereocenters. The quantitative estimate of drug-likeness (QED) is 0.541. The molecule has 8 heteroatoms. The molecule has 0 radical (unpaired) electrons. The molecule has 1 fully saturated rings. The van der Waals surface area contributed by atoms with Crippen molar-refractivity contribution < 1.29 is 14.3 Å². The maximum absolute atomic E-state index is 12.5. The third-order valence-electron chi connectivity index (χ3n) is 5.24. The highest BCUT2D eigenvalue weighted by atomic mass is 35.5. The number of amides is 1. The van der Waals surface area contributed by atoms with Crippen molar-refractivity contribution in [2.75, 3.05) is 44.3 Å². The first-order valence-electron chi connectivity index (χ1n) is 10.6. The van der Waals surface area contributed by atoms with Gasteiger partial charge in [-0.25, -0.2) is 0 Å². The molecular formula is C24H25ClN4O3. The van der Waals surface area contributed by atoms with Crippen LogP contribution < -0.4 is 14.4 Å². The zero-order chi connectivity index (χ0) is 22.3. The standard InChI is InChI=1S/C24H25ClN4O3/c1-2-31-20-7-3-18(4-8-20)22-11-12-23(27-26-22)28-13-15-29(16-14-28)24(30)17-32-21-9-5-19(25)6-10-21/h3-12H,2,13-17H2,1H3. The van der Waals surface area contributed by atoms with Gasteiger partial charge >= 0.3 is 0 Å². The third kappa shape index (κ3) is 5.48. The lowest BCUT2D eigenvalue weighted by molar-refractivity contribution is -0.133. The van der Waals surface area contributed by atoms with Crippen LogP contribution in [-0.4, -0.2) is 60.4 Å². The Morgan fingerprint density at radius 3 is 2.16 bits per heavy atom. The summed E-state index contributed by atoms with van der Waals surface area (Å²) < 4.78 is 11.0. The number of halogens is 1. The second-order valence-corrected chi connectivity index (χ2v) is 7.78. The van der Waals surface area contributed by atoms with E-state index in [9.17, 15) is 4.79 Å². The minimum absolute atomic E-state index is 0.0121. The fraction of sp³-hybridized carbons (Fsp3) is 0.292. The molecule has 1 saturated heterocycles. The van der Waals surface area contributed by atoms with E-state index in [4.69, 9.17) is 21.1 Å². The van der Waals surface area contributed by atoms with Crippen LogP contribution in [0.25, 0.3) is 11.3 Å². The Morgan fingerprint density at radius 1 is 0.875 bits per heavy atom. The Kier molecular flexibility index (Phi) is 7.07. The Hall–Kier alpha value is -3.32. The molecule has 32 heavy (non-hydrogen) atoms. The van der Waals surface area contributed by atoms with E-state index in [0.29, 0.717) is 43.6 Å². The number of anilines is 1. The highest BCUT2D eigenvalue weighted by Crippen LogP contribution is 2.22. The number of ether oxygens (including phenoxy) is 2. The van der Waals surface area contributed by atoms with Gasteiger partial charge in [-0.1, -0.05) is 11.6 Å². The average Bonchev–Trinajstić information content (AvgIpc) is 2.84. The van der Waals surface area contributed by atoms with Crippen molar-refractivity contribution in [3.8, 4) is 22.8 Å². The molecule has 1 amide bonds. The molecule has 1 aliphatic rings. The van der Waals surface area contributed by atoms with Crippen LogP contribution in [0.2, 0.25) is 5.02 Å². The van der Waals surface area contributed by atoms with Crippen LogP contribution in [0.15, 0.2) is 60.7 Å². The number of carbonyl (C=O) groups is 1. The van der Waals surface area contributed by atoms with Crippen molar-refractivity contribution >= 4 is 23.3 Å². The lowest BCUT2D eigenvalue weighted by Gasteiger charge is -2.35. The van der Waals surface area contributed by atoms with Gasteiger partial charge in [-0.05, 0) is 67.6 Å². The van der Waals surface area contributed by atoms with Crippen LogP contribution >= 0.6 is 11.6 Å². The molecule has 0 spiro atoms. The lowest BCUT2D eigenvalue weighted by atomic mass is 10.1. The van der Waals surface area contributed by atoms with Crippen LogP contribution in [0.4, 0.5) is 5.82 Å². The molecular weight excluding hydrogens is 428 g/mol. The molecule has 0 aliphatic carbocycles. The molecule has 4 rings (SSSR count). The summed E-state index contributed by atoms with van der Waals surface area (Å²) in [5, 5.41) is 9.41. The summed E-state index contributed by atoms with van der Waals surface area (Å²) in [7, 11) is 0. The molecule has 0 saturated carbocycles. The van der Waals surface area contributed by atoms with E-state index in [1.165, 1.54) is 0 Å². The van der Waals surface area contributed by atoms with Crippen LogP contribution in [-0.2, 0) is 4.79 Å². The van der Waals surface area contributed by atoms with Crippen molar-refractivity contribution in [1.82, 2.24) is 15.1 Å². The summed E-state index contributed by atoms with van der Waals surface area (Å²) in [6.45, 7) is 5.24. The largest absolute Gasteiger partial charge is 0.494 e. The van der Waals surface area contributed by atoms with Gasteiger partial charge in [0.2, 0.25) is 0 Å². The van der Waals surface area contributed by atoms with E-state index >= 15 is 0 Å². The maximum atomic E-state index is 12.5. The number of hydrogen-bond donors (Lipinski definition) is 0. The normalized spacial score (nSPS) is 13.7. The second-order valence-electron chi connectivity index (χ2n) is 7.34. The first-order chi connectivity index (χ1) is 15.6. The molecule has 0 N–H and O–H groups in total. The van der Waals surface area contributed by atoms with Crippen LogP contribution in [0.5, 0.6) is 11.5 Å². The Labute approximate surface area is 192 Å². The molecule has 1 aliphatic heterocycles. The van der Waals surface area contributed by atoms with E-state index in [-0.39, 0.29) is 12.5 Å². The number of hydrogen-bond acceptors (Lipinski definition) is 6. The van der Waals surface area contributed by atoms with Gasteiger partial charge < -0.3 is 19.3 Å². The van der Waals surface area contributed by atoms with Crippen LogP contribution in [0.1, 0.15) is 6.92 Å². The second kappa shape index (κ2) is 10.3. The minimum atomic E-state index is -0.0310. The zero-order valence-electron chi connectivity index (χ0n) is 17.9. The summed E-state index contributed by atoms with van der Waals surface area (Å²) >= 11 is 5.87. The van der Waals surface area contributed by atoms with E-state index < -0.39 is 0 Å². The number of piperazine rings is 1. The van der Waals surface area contributed by atoms with Gasteiger partial charge in [-0.2, -0.15) is 0 Å². The van der Waals surface area contributed by atoms with E-state index in [1.54, 1.807) is 24.3 Å². The van der Waals surface area contributed by atoms with Gasteiger partial charge in [0.25, 0.3) is 5.91 Å². The summed E-state index contributed by atoms with van der Waals surface area (Å²) in [6, 6.07) is 18.7. The summed E-state index contributed by atoms with van der Waals surface area (Å²) in [5.74, 6) is 2.25. The van der Waals surface area contributed by atoms with Crippen molar-refractivity contribution in [1.29, 1.82) is 0 Å². The van der Waals surface area contributed by atoms with Crippen molar-refractivity contribution in [2.24, 2.45) is 0 Å². The van der Waals surface area contributed by atoms with Crippen LogP contribution in [0, 0.1) is 0 Å². The lowest BCUT2D eigenvalue weighted by Crippen LogP contribution is -2.50. The number of aromatic nitrogens is 2. The predicted molar refractivity (Wildman–Crippen MR) is 124 cm³/mol. The average molecular weight is 453 g/mol. The topological polar surface area (TPSA) is 67.8 Å². The number of carbonyl (C=O) groups excluding carboxylic acids is 1. The van der Waals surface area contributed by atoms with Gasteiger partial charge in [-0.15, -0.1) is 10.2 Å². The van der Waals surface area contributed by atoms with Crippen LogP contribution in [0.3, 0.4) is 0 Å². The number of benzene rings is 2. The van der Waals surface area contributed by atoms with Gasteiger partial charge in [0.05, 0.1) is 12.3 Å². The zero-order valence-corrected chi connectivity index (χ0v) is 18.7. The molecule has 1 aromatic heterocycles. The fourth-order valence-corrected chi connectivity index (χ4v) is 3.61. The molecule has 166 valence electrons. The number of rotatable bonds is 7. The molecule has 2 aromatic carbocycles. The van der Waals surface area contributed by atoms with Gasteiger partial charge in [0, 0.05) is 36.8 Å². The first-order valence-corrected chi connectivity index (χ1v) is 11.0. The van der Waals surface area contributed by atoms with Gasteiger partial charge in [0.1, 0.15) is 11.5 Å². The smallest absolute Gasteiger partial charge is 0.260 e. The van der Waals surface area contributed by atoms with E-state index in [1.807, 2.05) is 48.2 Å². The highest BCUT2D eigenvalue weighted by Gasteiger charge is 2.22. The third-order valence-corrected chi connectivity index (χ3v) is 5.50. The summed E-state index contributed by atoms with van der Waals surface area (Å²) in [5.41, 5.74) is 1.80. The monoisotopic (exact) mass is 452 g/mol. The first kappa shape index (κ1) is 21.9. The molecule has 7 nitrogen and oxygen atoms in total. The SMILES string of the molecule is CCOc1ccc(-c2ccc(N3CCN(C(=O)COc4ccc(Cl)cc4)CC3)nn2)cc1. The molecule has 0 bridgehead atoms. The minimum Gasteiger partial charge on any atom is -0.494 e. The molecule has 3 aromatic rings. The van der Waals surface area contributed by atoms with Gasteiger partial charge in [0.15, 0.2) is 12.4 Å².